The largest absolute Gasteiger partial charge is 0.432 e. The van der Waals surface area contributed by atoms with Gasteiger partial charge >= 0.3 is 6.18 Å². The maximum absolute atomic E-state index is 13.5. The molecular formula is C17H19F3N4. The summed E-state index contributed by atoms with van der Waals surface area (Å²) in [5, 5.41) is 7.71. The minimum Gasteiger partial charge on any atom is -0.345 e. The van der Waals surface area contributed by atoms with Crippen molar-refractivity contribution in [3.8, 4) is 0 Å². The average molecular weight is 336 g/mol. The van der Waals surface area contributed by atoms with Crippen LogP contribution in [0.25, 0.3) is 10.9 Å². The quantitative estimate of drug-likeness (QED) is 0.884. The van der Waals surface area contributed by atoms with Gasteiger partial charge in [-0.3, -0.25) is 5.10 Å². The maximum atomic E-state index is 13.5. The number of halogens is 3. The van der Waals surface area contributed by atoms with E-state index in [1.807, 2.05) is 18.2 Å². The third-order valence-corrected chi connectivity index (χ3v) is 4.95. The molecule has 128 valence electrons. The molecule has 2 heterocycles. The molecule has 1 saturated carbocycles. The summed E-state index contributed by atoms with van der Waals surface area (Å²) in [4.78, 5) is 3.22. The van der Waals surface area contributed by atoms with Gasteiger partial charge in [-0.05, 0) is 31.0 Å². The van der Waals surface area contributed by atoms with E-state index in [9.17, 15) is 13.2 Å². The fourth-order valence-electron chi connectivity index (χ4n) is 3.71. The van der Waals surface area contributed by atoms with Crippen molar-refractivity contribution in [2.75, 3.05) is 11.6 Å². The summed E-state index contributed by atoms with van der Waals surface area (Å²) in [6.45, 7) is 0.253. The van der Waals surface area contributed by atoms with Crippen LogP contribution in [0.4, 0.5) is 18.9 Å². The van der Waals surface area contributed by atoms with Gasteiger partial charge in [0, 0.05) is 23.3 Å². The molecule has 1 aliphatic carbocycles. The lowest BCUT2D eigenvalue weighted by molar-refractivity contribution is -0.113. The number of allylic oxidation sites excluding steroid dienone is 1. The zero-order valence-electron chi connectivity index (χ0n) is 13.2. The highest BCUT2D eigenvalue weighted by Gasteiger charge is 2.44. The van der Waals surface area contributed by atoms with Crippen molar-refractivity contribution in [3.63, 3.8) is 0 Å². The maximum Gasteiger partial charge on any atom is 0.432 e. The van der Waals surface area contributed by atoms with E-state index in [2.05, 4.69) is 10.2 Å². The van der Waals surface area contributed by atoms with Crippen LogP contribution in [-0.4, -0.2) is 34.0 Å². The smallest absolute Gasteiger partial charge is 0.345 e. The Morgan fingerprint density at radius 1 is 1.12 bits per heavy atom. The normalized spacial score (nSPS) is 20.0. The van der Waals surface area contributed by atoms with Crippen molar-refractivity contribution in [3.05, 3.63) is 36.3 Å². The van der Waals surface area contributed by atoms with Crippen LogP contribution in [-0.2, 0) is 0 Å². The Labute approximate surface area is 137 Å². The second-order valence-corrected chi connectivity index (χ2v) is 6.53. The van der Waals surface area contributed by atoms with Crippen LogP contribution in [0, 0.1) is 0 Å². The molecular weight excluding hydrogens is 317 g/mol. The second kappa shape index (κ2) is 5.72. The lowest BCUT2D eigenvalue weighted by Gasteiger charge is -2.35. The van der Waals surface area contributed by atoms with Gasteiger partial charge in [-0.2, -0.15) is 18.3 Å². The van der Waals surface area contributed by atoms with Crippen LogP contribution in [0.1, 0.15) is 32.1 Å². The van der Waals surface area contributed by atoms with E-state index in [0.29, 0.717) is 0 Å². The van der Waals surface area contributed by atoms with E-state index in [1.165, 1.54) is 6.20 Å². The molecule has 0 atom stereocenters. The fraction of sp³-hybridized carbons (Fsp3) is 0.471. The predicted molar refractivity (Wildman–Crippen MR) is 86.3 cm³/mol. The molecule has 2 aromatic rings. The Morgan fingerprint density at radius 3 is 2.67 bits per heavy atom. The molecule has 0 spiro atoms. The number of anilines is 1. The number of hydrogen-bond donors (Lipinski definition) is 1. The molecule has 0 unspecified atom stereocenters. The van der Waals surface area contributed by atoms with Crippen LogP contribution in [0.5, 0.6) is 0 Å². The molecule has 0 bridgehead atoms. The Bertz CT molecular complexity index is 759. The first kappa shape index (κ1) is 15.4. The number of hydrogen-bond acceptors (Lipinski definition) is 3. The second-order valence-electron chi connectivity index (χ2n) is 6.53. The molecule has 7 heteroatoms. The van der Waals surface area contributed by atoms with Crippen molar-refractivity contribution in [1.82, 2.24) is 15.1 Å². The van der Waals surface area contributed by atoms with E-state index in [4.69, 9.17) is 0 Å². The lowest BCUT2D eigenvalue weighted by atomic mass is 9.94. The number of aromatic amines is 1. The van der Waals surface area contributed by atoms with Gasteiger partial charge in [0.05, 0.1) is 18.4 Å². The van der Waals surface area contributed by atoms with Crippen LogP contribution < -0.4 is 4.90 Å². The van der Waals surface area contributed by atoms with E-state index < -0.39 is 11.9 Å². The molecule has 2 aliphatic rings. The van der Waals surface area contributed by atoms with E-state index in [-0.39, 0.29) is 12.7 Å². The van der Waals surface area contributed by atoms with Crippen molar-refractivity contribution in [1.29, 1.82) is 0 Å². The number of rotatable bonds is 2. The first-order valence-electron chi connectivity index (χ1n) is 8.28. The highest BCUT2D eigenvalue weighted by molar-refractivity contribution is 5.82. The highest BCUT2D eigenvalue weighted by atomic mass is 19.4. The molecule has 0 saturated heterocycles. The predicted octanol–water partition coefficient (Wildman–Crippen LogP) is 4.38. The molecule has 1 aromatic heterocycles. The number of nitrogens with one attached hydrogen (secondary N) is 1. The minimum atomic E-state index is -4.33. The van der Waals surface area contributed by atoms with Gasteiger partial charge < -0.3 is 9.80 Å². The van der Waals surface area contributed by atoms with E-state index in [1.54, 1.807) is 16.0 Å². The molecule has 1 fully saturated rings. The summed E-state index contributed by atoms with van der Waals surface area (Å²) in [5.41, 5.74) is 1.10. The summed E-state index contributed by atoms with van der Waals surface area (Å²) in [5.74, 6) is 0. The zero-order valence-corrected chi connectivity index (χ0v) is 13.2. The number of alkyl halides is 3. The summed E-state index contributed by atoms with van der Waals surface area (Å²) in [6.07, 6.45) is 3.41. The van der Waals surface area contributed by atoms with Crippen LogP contribution >= 0.6 is 0 Å². The van der Waals surface area contributed by atoms with Crippen LogP contribution in [0.15, 0.2) is 36.3 Å². The van der Waals surface area contributed by atoms with Gasteiger partial charge in [0.2, 0.25) is 0 Å². The average Bonchev–Trinajstić information content (AvgIpc) is 3.21. The third-order valence-electron chi connectivity index (χ3n) is 4.95. The Kier molecular flexibility index (Phi) is 3.66. The summed E-state index contributed by atoms with van der Waals surface area (Å²) in [7, 11) is 0. The molecule has 24 heavy (non-hydrogen) atoms. The van der Waals surface area contributed by atoms with Gasteiger partial charge in [-0.15, -0.1) is 0 Å². The first-order chi connectivity index (χ1) is 11.5. The van der Waals surface area contributed by atoms with Crippen molar-refractivity contribution in [2.24, 2.45) is 0 Å². The number of fused-ring (bicyclic) bond motifs is 1. The van der Waals surface area contributed by atoms with Crippen molar-refractivity contribution >= 4 is 16.6 Å². The Hall–Kier alpha value is -2.18. The monoisotopic (exact) mass is 336 g/mol. The third kappa shape index (κ3) is 2.72. The Balaban J connectivity index is 1.65. The van der Waals surface area contributed by atoms with Crippen LogP contribution in [0.2, 0.25) is 0 Å². The highest BCUT2D eigenvalue weighted by Crippen LogP contribution is 2.39. The van der Waals surface area contributed by atoms with Gasteiger partial charge in [0.25, 0.3) is 0 Å². The molecule has 4 nitrogen and oxygen atoms in total. The minimum absolute atomic E-state index is 0.0192. The number of benzene rings is 1. The molecule has 4 rings (SSSR count). The van der Waals surface area contributed by atoms with Crippen molar-refractivity contribution < 1.29 is 13.2 Å². The standard InChI is InChI=1S/C17H19F3N4/c18-17(19,20)16-10-23(11-24(16)13-4-2-1-3-5-13)14-6-7-15-12(8-14)9-21-22-15/h6-10,13H,1-5,11H2,(H,21,22). The first-order valence-corrected chi connectivity index (χ1v) is 8.28. The topological polar surface area (TPSA) is 35.2 Å². The SMILES string of the molecule is FC(F)(F)C1=CN(c2ccc3[nH]ncc3c2)CN1C1CCCCC1. The lowest BCUT2D eigenvalue weighted by Crippen LogP contribution is -2.40. The number of H-pyrrole nitrogens is 1. The van der Waals surface area contributed by atoms with Crippen LogP contribution in [0.3, 0.4) is 0 Å². The summed E-state index contributed by atoms with van der Waals surface area (Å²) in [6, 6.07) is 5.53. The van der Waals surface area contributed by atoms with E-state index >= 15 is 0 Å². The molecule has 0 radical (unpaired) electrons. The Morgan fingerprint density at radius 2 is 1.92 bits per heavy atom. The van der Waals surface area contributed by atoms with Gasteiger partial charge in [0.1, 0.15) is 5.70 Å². The van der Waals surface area contributed by atoms with Gasteiger partial charge in [-0.25, -0.2) is 0 Å². The number of aromatic nitrogens is 2. The molecule has 0 amide bonds. The molecule has 1 aliphatic heterocycles. The van der Waals surface area contributed by atoms with Gasteiger partial charge in [0.15, 0.2) is 0 Å². The van der Waals surface area contributed by atoms with Crippen molar-refractivity contribution in [2.45, 2.75) is 44.3 Å². The molecule has 1 aromatic carbocycles. The number of nitrogens with zero attached hydrogens (tertiary/aromatic N) is 3. The van der Waals surface area contributed by atoms with E-state index in [0.717, 1.165) is 48.7 Å². The zero-order chi connectivity index (χ0) is 16.7. The fourth-order valence-corrected chi connectivity index (χ4v) is 3.71. The van der Waals surface area contributed by atoms with Gasteiger partial charge in [-0.1, -0.05) is 19.3 Å². The molecule has 1 N–H and O–H groups in total. The summed E-state index contributed by atoms with van der Waals surface area (Å²) >= 11 is 0. The summed E-state index contributed by atoms with van der Waals surface area (Å²) < 4.78 is 40.5.